The van der Waals surface area contributed by atoms with Gasteiger partial charge in [-0.05, 0) is 56.5 Å². The highest BCUT2D eigenvalue weighted by Gasteiger charge is 2.42. The lowest BCUT2D eigenvalue weighted by molar-refractivity contribution is -0.150. The first-order valence-corrected chi connectivity index (χ1v) is 39.0. The van der Waals surface area contributed by atoms with Crippen molar-refractivity contribution in [1.82, 2.24) is 34.7 Å². The van der Waals surface area contributed by atoms with Gasteiger partial charge in [-0.1, -0.05) is 93.5 Å². The number of methoxy groups -OCH3 is 3. The number of aryl methyl sites for hydroxylation is 1. The number of carbonyl (C=O) groups is 22. The molecule has 8 unspecified atom stereocenters. The number of nitrogens with one attached hydrogen (secondary N) is 1. The zero-order chi connectivity index (χ0) is 88.4. The van der Waals surface area contributed by atoms with Gasteiger partial charge in [0.25, 0.3) is 0 Å². The zero-order valence-corrected chi connectivity index (χ0v) is 69.9. The van der Waals surface area contributed by atoms with Crippen molar-refractivity contribution in [3.05, 3.63) is 59.7 Å². The number of anilines is 2. The molecular weight excluding hydrogens is 1530 g/mol. The number of Topliss-reactive ketones (excluding diaryl/α,β-unsaturated/α-hetero) is 3. The molecule has 17 amide bonds. The van der Waals surface area contributed by atoms with E-state index < -0.39 is 11.9 Å². The average molecular weight is 1640 g/mol. The lowest BCUT2D eigenvalue weighted by Crippen LogP contribution is -2.37. The van der Waals surface area contributed by atoms with Gasteiger partial charge in [-0.15, -0.1) is 0 Å². The molecule has 35 nitrogen and oxygen atoms in total. The maximum Gasteiger partial charge on any atom is 0.325 e. The van der Waals surface area contributed by atoms with Gasteiger partial charge < -0.3 is 29.1 Å². The predicted molar refractivity (Wildman–Crippen MR) is 418 cm³/mol. The molecule has 8 atom stereocenters. The summed E-state index contributed by atoms with van der Waals surface area (Å²) in [5.74, 6) is -5.29. The van der Waals surface area contributed by atoms with E-state index in [-0.39, 0.29) is 217 Å². The Balaban J connectivity index is 0.000000347. The van der Waals surface area contributed by atoms with Crippen molar-refractivity contribution >= 4 is 141 Å². The zero-order valence-electron chi connectivity index (χ0n) is 69.9. The first-order chi connectivity index (χ1) is 55.0. The van der Waals surface area contributed by atoms with Crippen LogP contribution in [0.1, 0.15) is 189 Å². The van der Waals surface area contributed by atoms with Gasteiger partial charge in [-0.2, -0.15) is 0 Å². The minimum absolute atomic E-state index is 0.0701. The monoisotopic (exact) mass is 1640 g/mol. The largest absolute Gasteiger partial charge is 0.469 e. The first-order valence-electron chi connectivity index (χ1n) is 39.0. The summed E-state index contributed by atoms with van der Waals surface area (Å²) in [6, 6.07) is 14.2. The molecule has 0 radical (unpaired) electrons. The molecule has 8 aliphatic rings. The van der Waals surface area contributed by atoms with Crippen LogP contribution >= 0.6 is 0 Å². The molecule has 0 bridgehead atoms. The van der Waals surface area contributed by atoms with E-state index in [2.05, 4.69) is 21.7 Å². The molecule has 8 fully saturated rings. The second-order valence-corrected chi connectivity index (χ2v) is 29.3. The number of nitrogens with zero attached hydrogens (tertiary/aromatic N) is 8. The minimum atomic E-state index is -0.573. The highest BCUT2D eigenvalue weighted by molar-refractivity contribution is 6.22. The van der Waals surface area contributed by atoms with Crippen molar-refractivity contribution in [3.63, 3.8) is 0 Å². The van der Waals surface area contributed by atoms with Crippen LogP contribution in [0, 0.1) is 47.3 Å². The molecular formula is C82H113N9O26. The van der Waals surface area contributed by atoms with Crippen LogP contribution in [0.15, 0.2) is 48.5 Å². The fraction of sp³-hybridized carbons (Fsp3) is 0.585. The van der Waals surface area contributed by atoms with Crippen molar-refractivity contribution in [2.45, 2.75) is 180 Å². The second kappa shape index (κ2) is 49.1. The Morgan fingerprint density at radius 2 is 0.761 bits per heavy atom. The average Bonchev–Trinajstić information content (AvgIpc) is 1.67. The van der Waals surface area contributed by atoms with Crippen LogP contribution in [0.4, 0.5) is 11.4 Å². The van der Waals surface area contributed by atoms with Crippen LogP contribution in [0.3, 0.4) is 0 Å². The third-order valence-corrected chi connectivity index (χ3v) is 19.5. The van der Waals surface area contributed by atoms with E-state index >= 15 is 0 Å². The summed E-state index contributed by atoms with van der Waals surface area (Å²) in [6.45, 7) is 24.9. The van der Waals surface area contributed by atoms with E-state index in [1.807, 2.05) is 24.3 Å². The van der Waals surface area contributed by atoms with Crippen LogP contribution in [-0.4, -0.2) is 246 Å². The normalized spacial score (nSPS) is 21.3. The number of rotatable bonds is 26. The van der Waals surface area contributed by atoms with Gasteiger partial charge in [-0.3, -0.25) is 140 Å². The Morgan fingerprint density at radius 3 is 1.10 bits per heavy atom. The summed E-state index contributed by atoms with van der Waals surface area (Å²) >= 11 is 0. The molecule has 0 aromatic heterocycles. The first kappa shape index (κ1) is 100. The number of carbonyl (C=O) groups excluding carboxylic acids is 22. The molecule has 10 rings (SSSR count). The van der Waals surface area contributed by atoms with Gasteiger partial charge in [0.1, 0.15) is 18.1 Å². The quantitative estimate of drug-likeness (QED) is 0.0586. The molecule has 1 N–H and O–H groups in total. The fourth-order valence-corrected chi connectivity index (χ4v) is 12.4. The van der Waals surface area contributed by atoms with E-state index in [1.165, 1.54) is 58.1 Å². The predicted octanol–water partition coefficient (Wildman–Crippen LogP) is 4.50. The van der Waals surface area contributed by atoms with Gasteiger partial charge >= 0.3 is 11.9 Å². The number of hydrogen-bond donors (Lipinski definition) is 1. The third-order valence-electron chi connectivity index (χ3n) is 19.5. The molecule has 0 saturated carbocycles. The van der Waals surface area contributed by atoms with Crippen molar-refractivity contribution in [3.8, 4) is 0 Å². The Morgan fingerprint density at radius 1 is 0.393 bits per heavy atom. The molecule has 8 heterocycles. The van der Waals surface area contributed by atoms with Crippen LogP contribution in [-0.2, 0) is 126 Å². The summed E-state index contributed by atoms with van der Waals surface area (Å²) in [5.41, 5.74) is 2.88. The van der Waals surface area contributed by atoms with Gasteiger partial charge in [0.15, 0.2) is 5.78 Å². The number of benzene rings is 2. The van der Waals surface area contributed by atoms with Gasteiger partial charge in [0.2, 0.25) is 100 Å². The van der Waals surface area contributed by atoms with Crippen LogP contribution in [0.25, 0.3) is 0 Å². The number of amides is 17. The minimum Gasteiger partial charge on any atom is -0.469 e. The Bertz CT molecular complexity index is 3970. The lowest BCUT2D eigenvalue weighted by Gasteiger charge is -2.14. The summed E-state index contributed by atoms with van der Waals surface area (Å²) in [6.07, 6.45) is 5.23. The highest BCUT2D eigenvalue weighted by atomic mass is 16.5. The summed E-state index contributed by atoms with van der Waals surface area (Å²) in [7, 11) is 4.05. The highest BCUT2D eigenvalue weighted by Crippen LogP contribution is 2.30. The molecule has 8 saturated heterocycles. The van der Waals surface area contributed by atoms with Crippen LogP contribution in [0.2, 0.25) is 0 Å². The lowest BCUT2D eigenvalue weighted by atomic mass is 10.1. The van der Waals surface area contributed by atoms with E-state index in [0.29, 0.717) is 114 Å². The summed E-state index contributed by atoms with van der Waals surface area (Å²) < 4.78 is 18.8. The molecule has 2 aromatic carbocycles. The smallest absolute Gasteiger partial charge is 0.325 e. The van der Waals surface area contributed by atoms with Crippen molar-refractivity contribution in [2.75, 3.05) is 96.8 Å². The Kier molecular flexibility index (Phi) is 42.0. The number of imide groups is 8. The maximum absolute atomic E-state index is 11.8. The number of hydrogen-bond acceptors (Lipinski definition) is 26. The van der Waals surface area contributed by atoms with E-state index in [9.17, 15) is 105 Å². The number of esters is 2. The topological polar surface area (TPSA) is 450 Å². The van der Waals surface area contributed by atoms with Gasteiger partial charge in [0, 0.05) is 170 Å². The van der Waals surface area contributed by atoms with Crippen molar-refractivity contribution in [2.24, 2.45) is 47.3 Å². The molecule has 0 aliphatic carbocycles. The molecule has 0 spiro atoms. The van der Waals surface area contributed by atoms with E-state index in [4.69, 9.17) is 9.47 Å². The maximum atomic E-state index is 11.8. The van der Waals surface area contributed by atoms with E-state index in [0.717, 1.165) is 21.1 Å². The molecule has 8 aliphatic heterocycles. The van der Waals surface area contributed by atoms with Crippen LogP contribution in [0.5, 0.6) is 0 Å². The Labute approximate surface area is 681 Å². The Hall–Kier alpha value is -11.1. The summed E-state index contributed by atoms with van der Waals surface area (Å²) in [5, 5.41) is 2.54. The fourth-order valence-electron chi connectivity index (χ4n) is 12.4. The van der Waals surface area contributed by atoms with Crippen molar-refractivity contribution in [1.29, 1.82) is 0 Å². The van der Waals surface area contributed by atoms with Gasteiger partial charge in [0.05, 0.1) is 58.3 Å². The summed E-state index contributed by atoms with van der Waals surface area (Å²) in [4.78, 5) is 257. The molecule has 117 heavy (non-hydrogen) atoms. The number of likely N-dealkylation sites (tertiary alicyclic amines) is 6. The standard InChI is InChI=1S/C13H13NO3.C13H15NO2.C12H19NO4.C10H15NO3.C9H14N2O3.C9H13NO4.C8H11NO4.C8H13NO3/c1-8-6-12(16)14(13(8)17)11-5-3-4-10(7-11)9(2)15;1-3-10-4-6-11(7-5-10)14-12(15)8-9(2)13(14)16;1-9-8-11(15)13(12(9)16)5-7-17-6-3-4-10(2)14;1-3-8(12)4-5-11-9(13)6-7(2)10(11)14;1-6-5-8(13)11(9(6)14)4-3-10-7(2)12;1-6-5-7(11)10(9(6)13)4-3-8(12)14-2;1-5-3-6(10)9(8(5)12)4-7(11)13-2;1-6-5-7(10)9(8(6)11)3-4-12-2/h3-5,7-8H,6H2,1-2H3;4-7,9H,3,8H2,1-2H3;9H,3-8H2,1-2H3;7H,3-6H2,1-2H3;6H,3-5H2,1-2H3,(H,10,12);6H,3-5H2,1-2H3;5H,3-4H2,1-2H3;6H,3-5H2,1-2H3. The van der Waals surface area contributed by atoms with E-state index in [1.54, 1.807) is 101 Å². The molecule has 642 valence electrons. The molecule has 35 heteroatoms. The number of ether oxygens (including phenoxy) is 4. The SMILES string of the molecule is CC(=O)CCCOCCN1C(=O)CC(C)C1=O.CC(=O)NCCN1C(=O)CC(C)C1=O.CC(=O)c1cccc(N2C(=O)CC(C)C2=O)c1.CCC(=O)CCN1C(=O)CC(C)C1=O.CCc1ccc(N2C(=O)CC(C)C2=O)cc1.COC(=O)CCN1C(=O)CC(C)C1=O.COC(=O)CN1C(=O)CC(C)C1=O.COCCN1C(=O)CC(C)C1=O. The van der Waals surface area contributed by atoms with Crippen LogP contribution < -0.4 is 15.1 Å². The third kappa shape index (κ3) is 30.8. The second-order valence-electron chi connectivity index (χ2n) is 29.3. The molecule has 2 aromatic rings. The number of ketones is 3. The van der Waals surface area contributed by atoms with Crippen molar-refractivity contribution < 1.29 is 124 Å². The van der Waals surface area contributed by atoms with Gasteiger partial charge in [-0.25, -0.2) is 0 Å².